The molecule has 1 heterocycles. The lowest BCUT2D eigenvalue weighted by Gasteiger charge is -2.15. The number of carbonyl (C=O) groups excluding carboxylic acids is 1. The lowest BCUT2D eigenvalue weighted by atomic mass is 10.1. The van der Waals surface area contributed by atoms with E-state index in [2.05, 4.69) is 27.3 Å². The maximum Gasteiger partial charge on any atom is 0.246 e. The summed E-state index contributed by atoms with van der Waals surface area (Å²) in [5.74, 6) is -0.267. The molecule has 1 aliphatic carbocycles. The Labute approximate surface area is 169 Å². The summed E-state index contributed by atoms with van der Waals surface area (Å²) in [7, 11) is -3.93. The van der Waals surface area contributed by atoms with Gasteiger partial charge >= 0.3 is 0 Å². The molecule has 150 valence electrons. The topological polar surface area (TPSA) is 101 Å². The molecule has 8 heteroatoms. The fraction of sp³-hybridized carbons (Fsp3) is 0.238. The largest absolute Gasteiger partial charge is 0.360 e. The Hall–Kier alpha value is -2.97. The highest BCUT2D eigenvalue weighted by Gasteiger charge is 2.28. The van der Waals surface area contributed by atoms with Crippen LogP contribution in [0.4, 0.5) is 5.69 Å². The molecule has 4 rings (SSSR count). The van der Waals surface area contributed by atoms with E-state index in [0.717, 1.165) is 17.5 Å². The fourth-order valence-electron chi connectivity index (χ4n) is 3.68. The molecule has 2 N–H and O–H groups in total. The first-order valence-electron chi connectivity index (χ1n) is 9.23. The van der Waals surface area contributed by atoms with Crippen LogP contribution in [0.2, 0.25) is 0 Å². The first-order valence-corrected chi connectivity index (χ1v) is 10.7. The van der Waals surface area contributed by atoms with Gasteiger partial charge in [-0.05, 0) is 61.6 Å². The number of anilines is 1. The SMILES string of the molecule is Cc1noc(C)c1S(=O)(=O)N[C@@H](C)C(=O)Nc1ccc2c(c1)Cc1ccccc1-2. The van der Waals surface area contributed by atoms with E-state index in [0.29, 0.717) is 5.69 Å². The molecule has 0 spiro atoms. The molecule has 3 aromatic rings. The van der Waals surface area contributed by atoms with E-state index in [1.165, 1.54) is 25.0 Å². The Morgan fingerprint density at radius 2 is 1.83 bits per heavy atom. The maximum atomic E-state index is 12.6. The molecule has 0 aliphatic heterocycles. The quantitative estimate of drug-likeness (QED) is 0.525. The van der Waals surface area contributed by atoms with E-state index < -0.39 is 22.0 Å². The van der Waals surface area contributed by atoms with Gasteiger partial charge in [0.25, 0.3) is 0 Å². The second-order valence-electron chi connectivity index (χ2n) is 7.19. The smallest absolute Gasteiger partial charge is 0.246 e. The van der Waals surface area contributed by atoms with Crippen molar-refractivity contribution in [2.45, 2.75) is 38.1 Å². The molecule has 0 fully saturated rings. The van der Waals surface area contributed by atoms with Crippen molar-refractivity contribution in [2.24, 2.45) is 0 Å². The van der Waals surface area contributed by atoms with E-state index in [1.807, 2.05) is 30.3 Å². The number of hydrogen-bond donors (Lipinski definition) is 2. The monoisotopic (exact) mass is 411 g/mol. The average molecular weight is 411 g/mol. The number of nitrogens with zero attached hydrogens (tertiary/aromatic N) is 1. The first kappa shape index (κ1) is 19.4. The van der Waals surface area contributed by atoms with Gasteiger partial charge in [0.1, 0.15) is 10.6 Å². The van der Waals surface area contributed by atoms with Crippen molar-refractivity contribution in [1.29, 1.82) is 0 Å². The summed E-state index contributed by atoms with van der Waals surface area (Å²) in [5, 5.41) is 6.45. The van der Waals surface area contributed by atoms with Crippen LogP contribution in [0, 0.1) is 13.8 Å². The molecular formula is C21H21N3O4S. The summed E-state index contributed by atoms with van der Waals surface area (Å²) in [6.45, 7) is 4.55. The van der Waals surface area contributed by atoms with Crippen LogP contribution >= 0.6 is 0 Å². The Balaban J connectivity index is 1.48. The summed E-state index contributed by atoms with van der Waals surface area (Å²) in [5.41, 5.74) is 5.64. The van der Waals surface area contributed by atoms with Crippen LogP contribution in [-0.4, -0.2) is 25.5 Å². The molecule has 0 saturated heterocycles. The van der Waals surface area contributed by atoms with Crippen LogP contribution in [0.5, 0.6) is 0 Å². The van der Waals surface area contributed by atoms with Crippen LogP contribution in [0.1, 0.15) is 29.5 Å². The standard InChI is InChI=1S/C21H21N3O4S/c1-12-20(14(3)28-23-12)29(26,27)24-13(2)21(25)22-17-8-9-19-16(11-17)10-15-6-4-5-7-18(15)19/h4-9,11,13,24H,10H2,1-3H3,(H,22,25)/t13-/m0/s1. The van der Waals surface area contributed by atoms with Gasteiger partial charge in [-0.15, -0.1) is 0 Å². The van der Waals surface area contributed by atoms with Crippen molar-refractivity contribution in [3.8, 4) is 11.1 Å². The Morgan fingerprint density at radius 3 is 2.55 bits per heavy atom. The molecule has 1 aliphatic rings. The van der Waals surface area contributed by atoms with Crippen LogP contribution in [0.3, 0.4) is 0 Å². The summed E-state index contributed by atoms with van der Waals surface area (Å²) in [6.07, 6.45) is 0.809. The lowest BCUT2D eigenvalue weighted by Crippen LogP contribution is -2.41. The molecule has 1 amide bonds. The van der Waals surface area contributed by atoms with Crippen molar-refractivity contribution in [1.82, 2.24) is 9.88 Å². The van der Waals surface area contributed by atoms with Crippen molar-refractivity contribution < 1.29 is 17.7 Å². The van der Waals surface area contributed by atoms with Gasteiger partial charge in [0.05, 0.1) is 6.04 Å². The maximum absolute atomic E-state index is 12.6. The number of aryl methyl sites for hydroxylation is 2. The van der Waals surface area contributed by atoms with Crippen LogP contribution in [0.15, 0.2) is 51.9 Å². The Kier molecular flexibility index (Phi) is 4.76. The summed E-state index contributed by atoms with van der Waals surface area (Å²) in [4.78, 5) is 12.5. The second-order valence-corrected chi connectivity index (χ2v) is 8.84. The number of fused-ring (bicyclic) bond motifs is 3. The van der Waals surface area contributed by atoms with Crippen LogP contribution < -0.4 is 10.0 Å². The summed E-state index contributed by atoms with van der Waals surface area (Å²) < 4.78 is 32.5. The Bertz CT molecular complexity index is 1190. The fourth-order valence-corrected chi connectivity index (χ4v) is 5.21. The van der Waals surface area contributed by atoms with Gasteiger partial charge in [-0.2, -0.15) is 4.72 Å². The molecule has 0 bridgehead atoms. The van der Waals surface area contributed by atoms with Crippen molar-refractivity contribution >= 4 is 21.6 Å². The minimum absolute atomic E-state index is 0.0348. The van der Waals surface area contributed by atoms with Gasteiger partial charge < -0.3 is 9.84 Å². The summed E-state index contributed by atoms with van der Waals surface area (Å²) >= 11 is 0. The molecule has 2 aromatic carbocycles. The van der Waals surface area contributed by atoms with Gasteiger partial charge in [-0.3, -0.25) is 4.79 Å². The van der Waals surface area contributed by atoms with Crippen molar-refractivity contribution in [2.75, 3.05) is 5.32 Å². The minimum Gasteiger partial charge on any atom is -0.360 e. The zero-order valence-corrected chi connectivity index (χ0v) is 17.1. The van der Waals surface area contributed by atoms with E-state index in [1.54, 1.807) is 6.92 Å². The van der Waals surface area contributed by atoms with E-state index >= 15 is 0 Å². The third-order valence-electron chi connectivity index (χ3n) is 5.02. The normalized spacial score (nSPS) is 13.6. The Morgan fingerprint density at radius 1 is 1.10 bits per heavy atom. The summed E-state index contributed by atoms with van der Waals surface area (Å²) in [6, 6.07) is 13.0. The highest BCUT2D eigenvalue weighted by molar-refractivity contribution is 7.89. The zero-order chi connectivity index (χ0) is 20.8. The number of carbonyl (C=O) groups is 1. The molecule has 0 saturated carbocycles. The second kappa shape index (κ2) is 7.13. The number of sulfonamides is 1. The molecule has 29 heavy (non-hydrogen) atoms. The predicted molar refractivity (Wildman–Crippen MR) is 109 cm³/mol. The third-order valence-corrected chi connectivity index (χ3v) is 6.81. The molecular weight excluding hydrogens is 390 g/mol. The predicted octanol–water partition coefficient (Wildman–Crippen LogP) is 3.17. The first-order chi connectivity index (χ1) is 13.8. The van der Waals surface area contributed by atoms with E-state index in [-0.39, 0.29) is 16.3 Å². The number of hydrogen-bond acceptors (Lipinski definition) is 5. The minimum atomic E-state index is -3.93. The zero-order valence-electron chi connectivity index (χ0n) is 16.3. The van der Waals surface area contributed by atoms with Gasteiger partial charge in [0.2, 0.25) is 15.9 Å². The van der Waals surface area contributed by atoms with Crippen LogP contribution in [-0.2, 0) is 21.2 Å². The average Bonchev–Trinajstić information content (AvgIpc) is 3.20. The van der Waals surface area contributed by atoms with Gasteiger partial charge in [0, 0.05) is 5.69 Å². The molecule has 0 unspecified atom stereocenters. The third kappa shape index (κ3) is 3.56. The molecule has 1 aromatic heterocycles. The van der Waals surface area contributed by atoms with Crippen LogP contribution in [0.25, 0.3) is 11.1 Å². The number of nitrogens with one attached hydrogen (secondary N) is 2. The van der Waals surface area contributed by atoms with Gasteiger partial charge in [-0.1, -0.05) is 35.5 Å². The lowest BCUT2D eigenvalue weighted by molar-refractivity contribution is -0.117. The highest BCUT2D eigenvalue weighted by Crippen LogP contribution is 2.37. The van der Waals surface area contributed by atoms with Gasteiger partial charge in [-0.25, -0.2) is 8.42 Å². The number of benzene rings is 2. The number of aromatic nitrogens is 1. The molecule has 1 atom stereocenters. The number of rotatable bonds is 5. The molecule has 0 radical (unpaired) electrons. The van der Waals surface area contributed by atoms with E-state index in [9.17, 15) is 13.2 Å². The van der Waals surface area contributed by atoms with E-state index in [4.69, 9.17) is 4.52 Å². The highest BCUT2D eigenvalue weighted by atomic mass is 32.2. The number of amides is 1. The van der Waals surface area contributed by atoms with Crippen molar-refractivity contribution in [3.05, 3.63) is 65.0 Å². The van der Waals surface area contributed by atoms with Crippen molar-refractivity contribution in [3.63, 3.8) is 0 Å². The molecule has 7 nitrogen and oxygen atoms in total. The van der Waals surface area contributed by atoms with Gasteiger partial charge in [0.15, 0.2) is 5.76 Å².